The normalized spacial score (nSPS) is 13.0. The van der Waals surface area contributed by atoms with Crippen LogP contribution in [-0.2, 0) is 23.6 Å². The molecule has 0 spiro atoms. The van der Waals surface area contributed by atoms with E-state index in [0.29, 0.717) is 23.4 Å². The van der Waals surface area contributed by atoms with Gasteiger partial charge in [-0.05, 0) is 54.3 Å². The van der Waals surface area contributed by atoms with E-state index in [9.17, 15) is 31.1 Å². The van der Waals surface area contributed by atoms with Crippen LogP contribution in [0.25, 0.3) is 11.1 Å². The minimum atomic E-state index is -4.94. The summed E-state index contributed by atoms with van der Waals surface area (Å²) in [5, 5.41) is 0. The van der Waals surface area contributed by atoms with Crippen LogP contribution in [0, 0.1) is 12.8 Å². The van der Waals surface area contributed by atoms with E-state index in [4.69, 9.17) is 0 Å². The van der Waals surface area contributed by atoms with Gasteiger partial charge < -0.3 is 4.90 Å². The van der Waals surface area contributed by atoms with Gasteiger partial charge in [-0.25, -0.2) is 0 Å². The Kier molecular flexibility index (Phi) is 7.05. The van der Waals surface area contributed by atoms with Crippen LogP contribution in [0.2, 0.25) is 0 Å². The number of hydrogen-bond donors (Lipinski definition) is 0. The van der Waals surface area contributed by atoms with E-state index in [1.807, 2.05) is 31.2 Å². The Hall–Kier alpha value is -3.36. The zero-order valence-corrected chi connectivity index (χ0v) is 18.6. The summed E-state index contributed by atoms with van der Waals surface area (Å²) in [7, 11) is 1.52. The van der Waals surface area contributed by atoms with Crippen LogP contribution >= 0.6 is 0 Å². The van der Waals surface area contributed by atoms with Crippen LogP contribution in [0.15, 0.2) is 60.9 Å². The molecule has 3 aromatic rings. The highest BCUT2D eigenvalue weighted by atomic mass is 19.4. The van der Waals surface area contributed by atoms with Gasteiger partial charge in [0.25, 0.3) is 0 Å². The Morgan fingerprint density at radius 1 is 0.941 bits per heavy atom. The fraction of sp³-hybridized carbons (Fsp3) is 0.280. The summed E-state index contributed by atoms with van der Waals surface area (Å²) in [6, 6.07) is 10.5. The van der Waals surface area contributed by atoms with Crippen LogP contribution in [0.1, 0.15) is 29.2 Å². The van der Waals surface area contributed by atoms with Crippen LogP contribution in [0.5, 0.6) is 0 Å². The fourth-order valence-corrected chi connectivity index (χ4v) is 3.79. The number of hydrogen-bond acceptors (Lipinski definition) is 2. The van der Waals surface area contributed by atoms with Gasteiger partial charge in [-0.2, -0.15) is 26.3 Å². The number of amides is 1. The molecule has 1 unspecified atom stereocenters. The van der Waals surface area contributed by atoms with Gasteiger partial charge in [-0.1, -0.05) is 31.2 Å². The molecule has 0 aliphatic rings. The van der Waals surface area contributed by atoms with Crippen LogP contribution in [0.3, 0.4) is 0 Å². The number of nitrogens with zero attached hydrogens (tertiary/aromatic N) is 2. The summed E-state index contributed by atoms with van der Waals surface area (Å²) in [4.78, 5) is 18.6. The number of aryl methyl sites for hydroxylation is 1. The third-order valence-electron chi connectivity index (χ3n) is 5.54. The van der Waals surface area contributed by atoms with Crippen molar-refractivity contribution in [2.24, 2.45) is 5.92 Å². The molecule has 1 atom stereocenters. The number of pyridine rings is 1. The van der Waals surface area contributed by atoms with Crippen LogP contribution < -0.4 is 4.90 Å². The average Bonchev–Trinajstić information content (AvgIpc) is 2.77. The lowest BCUT2D eigenvalue weighted by Crippen LogP contribution is -2.33. The molecule has 0 bridgehead atoms. The minimum absolute atomic E-state index is 0.0769. The zero-order valence-electron chi connectivity index (χ0n) is 18.6. The predicted molar refractivity (Wildman–Crippen MR) is 117 cm³/mol. The predicted octanol–water partition coefficient (Wildman–Crippen LogP) is 6.94. The molecule has 180 valence electrons. The van der Waals surface area contributed by atoms with Crippen molar-refractivity contribution in [2.75, 3.05) is 11.9 Å². The highest BCUT2D eigenvalue weighted by Crippen LogP contribution is 2.37. The molecule has 0 radical (unpaired) electrons. The number of halogens is 6. The Labute approximate surface area is 193 Å². The number of anilines is 1. The van der Waals surface area contributed by atoms with Crippen molar-refractivity contribution in [2.45, 2.75) is 32.6 Å². The van der Waals surface area contributed by atoms with Crippen molar-refractivity contribution < 1.29 is 31.1 Å². The van der Waals surface area contributed by atoms with Gasteiger partial charge in [0.05, 0.1) is 16.8 Å². The summed E-state index contributed by atoms with van der Waals surface area (Å²) >= 11 is 0. The van der Waals surface area contributed by atoms with E-state index in [2.05, 4.69) is 4.98 Å². The maximum absolute atomic E-state index is 13.2. The number of carbonyl (C=O) groups is 1. The van der Waals surface area contributed by atoms with Crippen molar-refractivity contribution in [3.05, 3.63) is 83.2 Å². The SMILES string of the molecule is Cc1ccccc1-c1cnccc1N(C)C(=O)C(C)Cc1cc(C(F)(F)F)cc(C(F)(F)F)c1. The number of alkyl halides is 6. The van der Waals surface area contributed by atoms with Gasteiger partial charge >= 0.3 is 12.4 Å². The zero-order chi connectivity index (χ0) is 25.3. The first-order valence-electron chi connectivity index (χ1n) is 10.3. The third kappa shape index (κ3) is 5.58. The molecule has 0 fully saturated rings. The molecule has 0 N–H and O–H groups in total. The number of rotatable bonds is 5. The molecule has 0 aliphatic heterocycles. The third-order valence-corrected chi connectivity index (χ3v) is 5.54. The van der Waals surface area contributed by atoms with Crippen molar-refractivity contribution in [3.8, 4) is 11.1 Å². The maximum Gasteiger partial charge on any atom is 0.416 e. The molecule has 1 aromatic heterocycles. The second-order valence-corrected chi connectivity index (χ2v) is 8.12. The quantitative estimate of drug-likeness (QED) is 0.371. The van der Waals surface area contributed by atoms with Gasteiger partial charge in [0.15, 0.2) is 0 Å². The average molecular weight is 480 g/mol. The molecule has 9 heteroatoms. The van der Waals surface area contributed by atoms with Crippen LogP contribution in [-0.4, -0.2) is 17.9 Å². The van der Waals surface area contributed by atoms with E-state index in [1.165, 1.54) is 25.1 Å². The van der Waals surface area contributed by atoms with Gasteiger partial charge in [0.2, 0.25) is 5.91 Å². The molecule has 0 aliphatic carbocycles. The van der Waals surface area contributed by atoms with E-state index in [0.717, 1.165) is 11.1 Å². The Morgan fingerprint density at radius 2 is 1.53 bits per heavy atom. The summed E-state index contributed by atoms with van der Waals surface area (Å²) in [5.41, 5.74) is -0.00370. The smallest absolute Gasteiger partial charge is 0.315 e. The first-order chi connectivity index (χ1) is 15.8. The van der Waals surface area contributed by atoms with Crippen molar-refractivity contribution in [1.82, 2.24) is 4.98 Å². The standard InChI is InChI=1S/C25H22F6N2O/c1-15-6-4-5-7-20(15)21-14-32-9-8-22(21)33(3)23(34)16(2)10-17-11-18(24(26,27)28)13-19(12-17)25(29,30)31/h4-9,11-14,16H,10H2,1-3H3. The second kappa shape index (κ2) is 9.48. The Balaban J connectivity index is 1.91. The van der Waals surface area contributed by atoms with Crippen molar-refractivity contribution in [3.63, 3.8) is 0 Å². The molecule has 2 aromatic carbocycles. The lowest BCUT2D eigenvalue weighted by atomic mass is 9.95. The molecule has 3 nitrogen and oxygen atoms in total. The fourth-order valence-electron chi connectivity index (χ4n) is 3.79. The van der Waals surface area contributed by atoms with E-state index >= 15 is 0 Å². The lowest BCUT2D eigenvalue weighted by molar-refractivity contribution is -0.143. The first kappa shape index (κ1) is 25.3. The molecule has 1 amide bonds. The summed E-state index contributed by atoms with van der Waals surface area (Å²) < 4.78 is 79.0. The molecular formula is C25H22F6N2O. The molecule has 1 heterocycles. The minimum Gasteiger partial charge on any atom is -0.315 e. The lowest BCUT2D eigenvalue weighted by Gasteiger charge is -2.25. The number of carbonyl (C=O) groups excluding carboxylic acids is 1. The second-order valence-electron chi connectivity index (χ2n) is 8.12. The first-order valence-corrected chi connectivity index (χ1v) is 10.3. The highest BCUT2D eigenvalue weighted by molar-refractivity contribution is 5.98. The Morgan fingerprint density at radius 3 is 2.09 bits per heavy atom. The molecular weight excluding hydrogens is 458 g/mol. The number of aromatic nitrogens is 1. The topological polar surface area (TPSA) is 33.2 Å². The summed E-state index contributed by atoms with van der Waals surface area (Å²) in [6.45, 7) is 3.38. The summed E-state index contributed by atoms with van der Waals surface area (Å²) in [6.07, 6.45) is -7.07. The van der Waals surface area contributed by atoms with Crippen molar-refractivity contribution in [1.29, 1.82) is 0 Å². The highest BCUT2D eigenvalue weighted by Gasteiger charge is 2.37. The van der Waals surface area contributed by atoms with Crippen molar-refractivity contribution >= 4 is 11.6 Å². The van der Waals surface area contributed by atoms with E-state index in [1.54, 1.807) is 12.3 Å². The van der Waals surface area contributed by atoms with Crippen LogP contribution in [0.4, 0.5) is 32.0 Å². The van der Waals surface area contributed by atoms with E-state index in [-0.39, 0.29) is 18.1 Å². The van der Waals surface area contributed by atoms with Gasteiger partial charge in [0, 0.05) is 30.9 Å². The maximum atomic E-state index is 13.2. The van der Waals surface area contributed by atoms with E-state index < -0.39 is 35.3 Å². The largest absolute Gasteiger partial charge is 0.416 e. The summed E-state index contributed by atoms with van der Waals surface area (Å²) in [5.74, 6) is -1.33. The molecule has 0 saturated carbocycles. The molecule has 34 heavy (non-hydrogen) atoms. The number of benzene rings is 2. The van der Waals surface area contributed by atoms with Gasteiger partial charge in [-0.15, -0.1) is 0 Å². The van der Waals surface area contributed by atoms with Gasteiger partial charge in [-0.3, -0.25) is 9.78 Å². The molecule has 0 saturated heterocycles. The van der Waals surface area contributed by atoms with Gasteiger partial charge in [0.1, 0.15) is 0 Å². The monoisotopic (exact) mass is 480 g/mol. The molecule has 3 rings (SSSR count). The Bertz CT molecular complexity index is 1150.